The van der Waals surface area contributed by atoms with Crippen molar-refractivity contribution in [1.29, 1.82) is 0 Å². The summed E-state index contributed by atoms with van der Waals surface area (Å²) in [7, 11) is 2.80. The lowest BCUT2D eigenvalue weighted by atomic mass is 10.1. The van der Waals surface area contributed by atoms with Crippen LogP contribution < -0.4 is 9.47 Å². The number of benzene rings is 2. The zero-order chi connectivity index (χ0) is 18.4. The molecule has 0 saturated heterocycles. The number of hydrogen-bond donors (Lipinski definition) is 1. The largest absolute Gasteiger partial charge is 0.504 e. The topological polar surface area (TPSA) is 55.8 Å². The fraction of sp³-hybridized carbons (Fsp3) is 0.167. The normalized spacial score (nSPS) is 11.1. The number of halogens is 2. The maximum atomic E-state index is 12.5. The molecule has 0 amide bonds. The van der Waals surface area contributed by atoms with Gasteiger partial charge >= 0.3 is 0 Å². The van der Waals surface area contributed by atoms with Crippen molar-refractivity contribution in [2.45, 2.75) is 10.7 Å². The Morgan fingerprint density at radius 1 is 1.12 bits per heavy atom. The molecule has 2 aromatic carbocycles. The van der Waals surface area contributed by atoms with Crippen LogP contribution in [0, 0.1) is 0 Å². The molecule has 0 spiro atoms. The van der Waals surface area contributed by atoms with Gasteiger partial charge in [0.1, 0.15) is 5.75 Å². The molecule has 0 aliphatic rings. The molecule has 0 heterocycles. The maximum Gasteiger partial charge on any atom is 0.289 e. The van der Waals surface area contributed by atoms with Crippen molar-refractivity contribution in [1.82, 2.24) is 0 Å². The zero-order valence-corrected chi connectivity index (χ0v) is 14.3. The first kappa shape index (κ1) is 18.8. The average Bonchev–Trinajstić information content (AvgIpc) is 2.59. The number of aromatic hydroxyl groups is 1. The van der Waals surface area contributed by atoms with E-state index in [1.807, 2.05) is 0 Å². The summed E-state index contributed by atoms with van der Waals surface area (Å²) in [6, 6.07) is 9.04. The van der Waals surface area contributed by atoms with Gasteiger partial charge in [-0.15, -0.1) is 0 Å². The molecule has 2 rings (SSSR count). The number of thioether (sulfide) groups is 1. The highest BCUT2D eigenvalue weighted by molar-refractivity contribution is 7.99. The number of rotatable bonds is 7. The van der Waals surface area contributed by atoms with Gasteiger partial charge in [-0.1, -0.05) is 23.9 Å². The van der Waals surface area contributed by atoms with Gasteiger partial charge in [-0.3, -0.25) is 4.79 Å². The minimum absolute atomic E-state index is 0.0351. The summed E-state index contributed by atoms with van der Waals surface area (Å²) in [6.45, 7) is 0. The molecule has 0 bridgehead atoms. The van der Waals surface area contributed by atoms with Gasteiger partial charge in [0, 0.05) is 5.56 Å². The van der Waals surface area contributed by atoms with Crippen LogP contribution in [0.5, 0.6) is 17.2 Å². The Morgan fingerprint density at radius 2 is 1.84 bits per heavy atom. The van der Waals surface area contributed by atoms with E-state index >= 15 is 0 Å². The van der Waals surface area contributed by atoms with Gasteiger partial charge < -0.3 is 14.6 Å². The second-order valence-corrected chi connectivity index (χ2v) is 5.90. The van der Waals surface area contributed by atoms with Crippen LogP contribution in [0.2, 0.25) is 0 Å². The molecule has 0 aliphatic heterocycles. The van der Waals surface area contributed by atoms with Crippen molar-refractivity contribution in [3.8, 4) is 17.2 Å². The molecule has 0 radical (unpaired) electrons. The van der Waals surface area contributed by atoms with E-state index in [4.69, 9.17) is 9.47 Å². The number of methoxy groups -OCH3 is 2. The second-order valence-electron chi connectivity index (χ2n) is 4.87. The molecule has 0 aromatic heterocycles. The lowest BCUT2D eigenvalue weighted by Crippen LogP contribution is -1.97. The van der Waals surface area contributed by atoms with Crippen LogP contribution in [0.3, 0.4) is 0 Å². The van der Waals surface area contributed by atoms with E-state index in [2.05, 4.69) is 0 Å². The quantitative estimate of drug-likeness (QED) is 0.440. The first-order chi connectivity index (χ1) is 11.9. The van der Waals surface area contributed by atoms with E-state index in [0.717, 1.165) is 0 Å². The van der Waals surface area contributed by atoms with Crippen molar-refractivity contribution in [2.75, 3.05) is 14.2 Å². The number of phenols is 1. The van der Waals surface area contributed by atoms with Crippen molar-refractivity contribution >= 4 is 23.6 Å². The van der Waals surface area contributed by atoms with Crippen LogP contribution in [0.1, 0.15) is 15.9 Å². The lowest BCUT2D eigenvalue weighted by molar-refractivity contribution is 0.104. The van der Waals surface area contributed by atoms with Gasteiger partial charge in [0.15, 0.2) is 17.3 Å². The van der Waals surface area contributed by atoms with Gasteiger partial charge in [-0.25, -0.2) is 0 Å². The molecule has 0 unspecified atom stereocenters. The predicted octanol–water partition coefficient (Wildman–Crippen LogP) is 4.62. The third-order valence-electron chi connectivity index (χ3n) is 3.29. The fourth-order valence-electron chi connectivity index (χ4n) is 2.09. The summed E-state index contributed by atoms with van der Waals surface area (Å²) >= 11 is 0.358. The molecule has 132 valence electrons. The van der Waals surface area contributed by atoms with Crippen LogP contribution in [-0.2, 0) is 0 Å². The summed E-state index contributed by atoms with van der Waals surface area (Å²) in [4.78, 5) is 12.5. The van der Waals surface area contributed by atoms with Crippen LogP contribution in [-0.4, -0.2) is 30.9 Å². The van der Waals surface area contributed by atoms with Gasteiger partial charge in [0.25, 0.3) is 5.76 Å². The summed E-state index contributed by atoms with van der Waals surface area (Å²) in [5, 5.41) is 9.72. The predicted molar refractivity (Wildman–Crippen MR) is 92.9 cm³/mol. The van der Waals surface area contributed by atoms with Gasteiger partial charge in [0.2, 0.25) is 0 Å². The smallest absolute Gasteiger partial charge is 0.289 e. The summed E-state index contributed by atoms with van der Waals surface area (Å²) < 4.78 is 35.0. The molecule has 25 heavy (non-hydrogen) atoms. The summed E-state index contributed by atoms with van der Waals surface area (Å²) in [6.07, 6.45) is 2.87. The van der Waals surface area contributed by atoms with E-state index in [-0.39, 0.29) is 22.2 Å². The summed E-state index contributed by atoms with van der Waals surface area (Å²) in [5.74, 6) is -2.38. The molecule has 4 nitrogen and oxygen atoms in total. The van der Waals surface area contributed by atoms with E-state index in [1.54, 1.807) is 12.1 Å². The molecule has 0 fully saturated rings. The zero-order valence-electron chi connectivity index (χ0n) is 13.5. The van der Waals surface area contributed by atoms with Crippen LogP contribution >= 0.6 is 11.8 Å². The van der Waals surface area contributed by atoms with Crippen molar-refractivity contribution in [3.63, 3.8) is 0 Å². The average molecular weight is 366 g/mol. The number of carbonyl (C=O) groups excluding carboxylic acids is 1. The van der Waals surface area contributed by atoms with Crippen LogP contribution in [0.15, 0.2) is 47.4 Å². The molecule has 1 N–H and O–H groups in total. The van der Waals surface area contributed by atoms with E-state index in [9.17, 15) is 18.7 Å². The second kappa shape index (κ2) is 8.53. The fourth-order valence-corrected chi connectivity index (χ4v) is 2.69. The number of ether oxygens (including phenoxy) is 2. The van der Waals surface area contributed by atoms with Crippen molar-refractivity contribution in [2.24, 2.45) is 0 Å². The van der Waals surface area contributed by atoms with Crippen LogP contribution in [0.4, 0.5) is 8.78 Å². The minimum atomic E-state index is -2.57. The van der Waals surface area contributed by atoms with Gasteiger partial charge in [-0.2, -0.15) is 8.78 Å². The Hall–Kier alpha value is -2.54. The number of carbonyl (C=O) groups is 1. The Kier molecular flexibility index (Phi) is 6.41. The summed E-state index contributed by atoms with van der Waals surface area (Å²) in [5.41, 5.74) is 0.924. The van der Waals surface area contributed by atoms with Crippen LogP contribution in [0.25, 0.3) is 6.08 Å². The third kappa shape index (κ3) is 4.96. The number of phenolic OH excluding ortho intramolecular Hbond substituents is 1. The van der Waals surface area contributed by atoms with Gasteiger partial charge in [-0.05, 0) is 42.0 Å². The Morgan fingerprint density at radius 3 is 2.44 bits per heavy atom. The third-order valence-corrected chi connectivity index (χ3v) is 4.06. The highest BCUT2D eigenvalue weighted by Crippen LogP contribution is 2.34. The minimum Gasteiger partial charge on any atom is -0.504 e. The van der Waals surface area contributed by atoms with E-state index < -0.39 is 5.76 Å². The van der Waals surface area contributed by atoms with E-state index in [0.29, 0.717) is 28.6 Å². The number of allylic oxidation sites excluding steroid dienone is 1. The highest BCUT2D eigenvalue weighted by atomic mass is 32.2. The lowest BCUT2D eigenvalue weighted by Gasteiger charge is -2.08. The Bertz CT molecular complexity index is 791. The molecule has 0 saturated carbocycles. The molecular weight excluding hydrogens is 350 g/mol. The number of hydrogen-bond acceptors (Lipinski definition) is 5. The monoisotopic (exact) mass is 366 g/mol. The molecule has 0 atom stereocenters. The Labute approximate surface area is 148 Å². The number of alkyl halides is 2. The first-order valence-corrected chi connectivity index (χ1v) is 8.05. The number of ketones is 1. The van der Waals surface area contributed by atoms with Gasteiger partial charge in [0.05, 0.1) is 19.1 Å². The molecular formula is C18H16F2O4S. The van der Waals surface area contributed by atoms with Crippen molar-refractivity contribution < 1.29 is 28.2 Å². The Balaban J connectivity index is 2.18. The highest BCUT2D eigenvalue weighted by Gasteiger charge is 2.13. The standard InChI is InChI=1S/C18H16F2O4S/c1-23-15-7-4-11(9-14(15)22)3-6-13(21)12-5-8-17(25-18(19)20)16(10-12)24-2/h3-10,18,22H,1-2H3/b6-3+. The SMILES string of the molecule is COc1ccc(/C=C/C(=O)c2ccc(SC(F)F)c(OC)c2)cc1O. The first-order valence-electron chi connectivity index (χ1n) is 7.17. The molecule has 2 aromatic rings. The molecule has 0 aliphatic carbocycles. The van der Waals surface area contributed by atoms with E-state index in [1.165, 1.54) is 50.6 Å². The van der Waals surface area contributed by atoms with Crippen molar-refractivity contribution in [3.05, 3.63) is 53.6 Å². The maximum absolute atomic E-state index is 12.5. The molecule has 7 heteroatoms.